The van der Waals surface area contributed by atoms with E-state index in [2.05, 4.69) is 12.2 Å². The molecule has 0 spiro atoms. The quantitative estimate of drug-likeness (QED) is 0.765. The Balaban J connectivity index is 1.46. The second-order valence-corrected chi connectivity index (χ2v) is 6.74. The van der Waals surface area contributed by atoms with Crippen LogP contribution in [0.4, 0.5) is 0 Å². The highest BCUT2D eigenvalue weighted by molar-refractivity contribution is 4.90. The second kappa shape index (κ2) is 4.68. The molecule has 0 amide bonds. The predicted octanol–water partition coefficient (Wildman–Crippen LogP) is 3.73. The standard InChI is InChI=1S/C15H27N/c1-11-5-8-15(9-11)16-14-4-2-3-13(10-14)12-6-7-12/h11-16H,2-10H2,1H3. The van der Waals surface area contributed by atoms with Crippen molar-refractivity contribution in [1.82, 2.24) is 5.32 Å². The molecule has 1 N–H and O–H groups in total. The summed E-state index contributed by atoms with van der Waals surface area (Å²) in [5, 5.41) is 3.96. The van der Waals surface area contributed by atoms with Crippen LogP contribution in [0.15, 0.2) is 0 Å². The van der Waals surface area contributed by atoms with Gasteiger partial charge in [-0.3, -0.25) is 0 Å². The lowest BCUT2D eigenvalue weighted by Crippen LogP contribution is -2.40. The van der Waals surface area contributed by atoms with Gasteiger partial charge in [0.25, 0.3) is 0 Å². The molecule has 1 nitrogen and oxygen atoms in total. The van der Waals surface area contributed by atoms with Gasteiger partial charge in [-0.05, 0) is 62.7 Å². The van der Waals surface area contributed by atoms with Gasteiger partial charge in [0.15, 0.2) is 0 Å². The van der Waals surface area contributed by atoms with Crippen LogP contribution in [0.25, 0.3) is 0 Å². The Kier molecular flexibility index (Phi) is 3.24. The van der Waals surface area contributed by atoms with Crippen molar-refractivity contribution < 1.29 is 0 Å². The van der Waals surface area contributed by atoms with Crippen LogP contribution in [0, 0.1) is 17.8 Å². The Bertz CT molecular complexity index is 234. The molecule has 4 unspecified atom stereocenters. The van der Waals surface area contributed by atoms with Crippen LogP contribution in [0.5, 0.6) is 0 Å². The summed E-state index contributed by atoms with van der Waals surface area (Å²) in [6, 6.07) is 1.73. The molecule has 3 aliphatic carbocycles. The zero-order valence-corrected chi connectivity index (χ0v) is 10.8. The predicted molar refractivity (Wildman–Crippen MR) is 68.4 cm³/mol. The lowest BCUT2D eigenvalue weighted by atomic mass is 9.82. The molecular weight excluding hydrogens is 194 g/mol. The average molecular weight is 221 g/mol. The summed E-state index contributed by atoms with van der Waals surface area (Å²) in [5.74, 6) is 3.19. The van der Waals surface area contributed by atoms with Crippen molar-refractivity contribution >= 4 is 0 Å². The summed E-state index contributed by atoms with van der Waals surface area (Å²) in [6.45, 7) is 2.41. The fraction of sp³-hybridized carbons (Fsp3) is 1.00. The van der Waals surface area contributed by atoms with Crippen molar-refractivity contribution in [2.45, 2.75) is 76.8 Å². The molecule has 0 bridgehead atoms. The smallest absolute Gasteiger partial charge is 0.00723 e. The van der Waals surface area contributed by atoms with Gasteiger partial charge >= 0.3 is 0 Å². The lowest BCUT2D eigenvalue weighted by molar-refractivity contribution is 0.245. The molecule has 0 aromatic carbocycles. The van der Waals surface area contributed by atoms with Crippen molar-refractivity contribution in [3.63, 3.8) is 0 Å². The summed E-state index contributed by atoms with van der Waals surface area (Å²) in [5.41, 5.74) is 0. The summed E-state index contributed by atoms with van der Waals surface area (Å²) in [6.07, 6.45) is 13.4. The highest BCUT2D eigenvalue weighted by Gasteiger charge is 2.35. The Morgan fingerprint density at radius 1 is 0.750 bits per heavy atom. The maximum absolute atomic E-state index is 3.96. The largest absolute Gasteiger partial charge is 0.311 e. The van der Waals surface area contributed by atoms with E-state index in [1.54, 1.807) is 0 Å². The molecule has 0 aromatic heterocycles. The Morgan fingerprint density at radius 3 is 2.25 bits per heavy atom. The Hall–Kier alpha value is -0.0400. The molecule has 16 heavy (non-hydrogen) atoms. The van der Waals surface area contributed by atoms with E-state index < -0.39 is 0 Å². The number of hydrogen-bond donors (Lipinski definition) is 1. The van der Waals surface area contributed by atoms with Gasteiger partial charge in [0.05, 0.1) is 0 Å². The second-order valence-electron chi connectivity index (χ2n) is 6.74. The third-order valence-electron chi connectivity index (χ3n) is 5.17. The Morgan fingerprint density at radius 2 is 1.56 bits per heavy atom. The van der Waals surface area contributed by atoms with Gasteiger partial charge < -0.3 is 5.32 Å². The van der Waals surface area contributed by atoms with E-state index in [4.69, 9.17) is 0 Å². The van der Waals surface area contributed by atoms with Crippen molar-refractivity contribution in [1.29, 1.82) is 0 Å². The van der Waals surface area contributed by atoms with Gasteiger partial charge in [-0.2, -0.15) is 0 Å². The maximum Gasteiger partial charge on any atom is 0.00723 e. The average Bonchev–Trinajstić information content (AvgIpc) is 3.05. The summed E-state index contributed by atoms with van der Waals surface area (Å²) >= 11 is 0. The third kappa shape index (κ3) is 2.61. The first-order valence-corrected chi connectivity index (χ1v) is 7.57. The van der Waals surface area contributed by atoms with Crippen LogP contribution < -0.4 is 5.32 Å². The Labute approximate surface area is 100 Å². The van der Waals surface area contributed by atoms with E-state index in [9.17, 15) is 0 Å². The summed E-state index contributed by atoms with van der Waals surface area (Å²) in [4.78, 5) is 0. The van der Waals surface area contributed by atoms with Gasteiger partial charge in [0, 0.05) is 12.1 Å². The van der Waals surface area contributed by atoms with Gasteiger partial charge in [-0.15, -0.1) is 0 Å². The number of rotatable bonds is 3. The minimum absolute atomic E-state index is 0.859. The molecule has 92 valence electrons. The van der Waals surface area contributed by atoms with Crippen LogP contribution in [0.1, 0.15) is 64.7 Å². The monoisotopic (exact) mass is 221 g/mol. The molecule has 3 aliphatic rings. The van der Waals surface area contributed by atoms with Crippen LogP contribution in [0.3, 0.4) is 0 Å². The van der Waals surface area contributed by atoms with Crippen LogP contribution in [-0.2, 0) is 0 Å². The first-order chi connectivity index (χ1) is 7.81. The van der Waals surface area contributed by atoms with Crippen LogP contribution >= 0.6 is 0 Å². The zero-order valence-electron chi connectivity index (χ0n) is 10.8. The van der Waals surface area contributed by atoms with Gasteiger partial charge in [0.2, 0.25) is 0 Å². The van der Waals surface area contributed by atoms with E-state index in [-0.39, 0.29) is 0 Å². The molecule has 3 rings (SSSR count). The zero-order chi connectivity index (χ0) is 11.0. The first-order valence-electron chi connectivity index (χ1n) is 7.57. The number of nitrogens with one attached hydrogen (secondary N) is 1. The normalized spacial score (nSPS) is 44.8. The van der Waals surface area contributed by atoms with Gasteiger partial charge in [0.1, 0.15) is 0 Å². The fourth-order valence-electron chi connectivity index (χ4n) is 4.07. The van der Waals surface area contributed by atoms with E-state index in [0.29, 0.717) is 0 Å². The highest BCUT2D eigenvalue weighted by atomic mass is 15.0. The molecule has 0 saturated heterocycles. The van der Waals surface area contributed by atoms with Gasteiger partial charge in [-0.25, -0.2) is 0 Å². The molecule has 0 heterocycles. The van der Waals surface area contributed by atoms with E-state index in [1.165, 1.54) is 57.8 Å². The molecule has 3 saturated carbocycles. The van der Waals surface area contributed by atoms with Crippen molar-refractivity contribution in [3.8, 4) is 0 Å². The molecule has 4 atom stereocenters. The molecule has 0 radical (unpaired) electrons. The topological polar surface area (TPSA) is 12.0 Å². The SMILES string of the molecule is CC1CCC(NC2CCCC(C3CC3)C2)C1. The van der Waals surface area contributed by atoms with Crippen molar-refractivity contribution in [2.24, 2.45) is 17.8 Å². The maximum atomic E-state index is 3.96. The summed E-state index contributed by atoms with van der Waals surface area (Å²) < 4.78 is 0. The molecule has 3 fully saturated rings. The van der Waals surface area contributed by atoms with Gasteiger partial charge in [-0.1, -0.05) is 19.8 Å². The number of hydrogen-bond acceptors (Lipinski definition) is 1. The third-order valence-corrected chi connectivity index (χ3v) is 5.17. The fourth-order valence-corrected chi connectivity index (χ4v) is 4.07. The minimum Gasteiger partial charge on any atom is -0.311 e. The van der Waals surface area contributed by atoms with E-state index >= 15 is 0 Å². The van der Waals surface area contributed by atoms with E-state index in [1.807, 2.05) is 0 Å². The minimum atomic E-state index is 0.859. The van der Waals surface area contributed by atoms with Crippen LogP contribution in [0.2, 0.25) is 0 Å². The molecular formula is C15H27N. The van der Waals surface area contributed by atoms with Crippen LogP contribution in [-0.4, -0.2) is 12.1 Å². The summed E-state index contributed by atoms with van der Waals surface area (Å²) in [7, 11) is 0. The molecule has 0 aromatic rings. The highest BCUT2D eigenvalue weighted by Crippen LogP contribution is 2.44. The first kappa shape index (κ1) is 11.1. The van der Waals surface area contributed by atoms with Crippen molar-refractivity contribution in [3.05, 3.63) is 0 Å². The van der Waals surface area contributed by atoms with E-state index in [0.717, 1.165) is 29.8 Å². The van der Waals surface area contributed by atoms with Crippen molar-refractivity contribution in [2.75, 3.05) is 0 Å². The lowest BCUT2D eigenvalue weighted by Gasteiger charge is -2.32. The molecule has 1 heteroatoms. The molecule has 0 aliphatic heterocycles.